The summed E-state index contributed by atoms with van der Waals surface area (Å²) < 4.78 is 5.07. The first kappa shape index (κ1) is 8.04. The van der Waals surface area contributed by atoms with Crippen LogP contribution in [0.1, 0.15) is 6.42 Å². The van der Waals surface area contributed by atoms with E-state index in [4.69, 9.17) is 4.74 Å². The number of rotatable bonds is 0. The summed E-state index contributed by atoms with van der Waals surface area (Å²) in [5.74, 6) is 1.39. The lowest BCUT2D eigenvalue weighted by Crippen LogP contribution is -2.44. The lowest BCUT2D eigenvalue weighted by molar-refractivity contribution is -0.142. The summed E-state index contributed by atoms with van der Waals surface area (Å²) >= 11 is 0. The molecule has 0 bridgehead atoms. The fourth-order valence-corrected chi connectivity index (χ4v) is 3.25. The number of esters is 1. The monoisotopic (exact) mass is 188 g/mol. The molecule has 0 aromatic heterocycles. The van der Waals surface area contributed by atoms with Crippen LogP contribution in [0.3, 0.4) is 0 Å². The van der Waals surface area contributed by atoms with Crippen LogP contribution in [0.15, 0.2) is 36.6 Å². The second-order valence-corrected chi connectivity index (χ2v) is 4.48. The minimum Gasteiger partial charge on any atom is -0.431 e. The summed E-state index contributed by atoms with van der Waals surface area (Å²) in [4.78, 5) is 11.5. The lowest BCUT2D eigenvalue weighted by atomic mass is 9.57. The Morgan fingerprint density at radius 1 is 1.00 bits per heavy atom. The first-order chi connectivity index (χ1) is 6.61. The van der Waals surface area contributed by atoms with Crippen molar-refractivity contribution in [2.45, 2.75) is 6.42 Å². The third-order valence-corrected chi connectivity index (χ3v) is 3.82. The third kappa shape index (κ3) is 0.671. The first-order valence-electron chi connectivity index (χ1n) is 4.87. The van der Waals surface area contributed by atoms with Gasteiger partial charge in [0, 0.05) is 11.8 Å². The highest BCUT2D eigenvalue weighted by molar-refractivity contribution is 5.81. The van der Waals surface area contributed by atoms with E-state index >= 15 is 0 Å². The van der Waals surface area contributed by atoms with E-state index in [2.05, 4.69) is 19.7 Å². The van der Waals surface area contributed by atoms with E-state index in [-0.39, 0.29) is 17.8 Å². The van der Waals surface area contributed by atoms with Crippen molar-refractivity contribution in [3.8, 4) is 0 Å². The number of carbonyl (C=O) groups excluding carboxylic acids is 1. The molecule has 1 saturated heterocycles. The van der Waals surface area contributed by atoms with E-state index in [9.17, 15) is 4.79 Å². The number of hydrogen-bond acceptors (Lipinski definition) is 2. The SMILES string of the molecule is C=C1CC(=C)C2C1C1C(=C)OC(=O)C21. The number of hydrogen-bond donors (Lipinski definition) is 0. The van der Waals surface area contributed by atoms with E-state index in [1.54, 1.807) is 0 Å². The molecular formula is C12H12O2. The van der Waals surface area contributed by atoms with Gasteiger partial charge < -0.3 is 4.74 Å². The van der Waals surface area contributed by atoms with Crippen LogP contribution in [0.4, 0.5) is 0 Å². The standard InChI is InChI=1S/C12H12O2/c1-5-4-6(2)9-8(5)10-7(3)14-12(13)11(9)10/h8-11H,1-4H2. The van der Waals surface area contributed by atoms with Crippen molar-refractivity contribution in [1.29, 1.82) is 0 Å². The topological polar surface area (TPSA) is 26.3 Å². The van der Waals surface area contributed by atoms with Crippen molar-refractivity contribution < 1.29 is 9.53 Å². The van der Waals surface area contributed by atoms with Gasteiger partial charge in [0.2, 0.25) is 0 Å². The molecule has 4 unspecified atom stereocenters. The normalized spacial score (nSPS) is 44.6. The van der Waals surface area contributed by atoms with Gasteiger partial charge in [-0.15, -0.1) is 0 Å². The second kappa shape index (κ2) is 2.19. The molecule has 2 heteroatoms. The van der Waals surface area contributed by atoms with E-state index < -0.39 is 0 Å². The second-order valence-electron chi connectivity index (χ2n) is 4.48. The van der Waals surface area contributed by atoms with Crippen LogP contribution in [0.5, 0.6) is 0 Å². The minimum absolute atomic E-state index is 0.000694. The van der Waals surface area contributed by atoms with Crippen LogP contribution in [0, 0.1) is 23.7 Å². The van der Waals surface area contributed by atoms with Crippen molar-refractivity contribution >= 4 is 5.97 Å². The molecule has 0 spiro atoms. The quantitative estimate of drug-likeness (QED) is 0.429. The Hall–Kier alpha value is -1.31. The van der Waals surface area contributed by atoms with E-state index in [1.807, 2.05) is 0 Å². The van der Waals surface area contributed by atoms with Gasteiger partial charge in [-0.25, -0.2) is 0 Å². The average Bonchev–Trinajstić information content (AvgIpc) is 2.31. The maximum atomic E-state index is 11.5. The van der Waals surface area contributed by atoms with Crippen LogP contribution in [0.25, 0.3) is 0 Å². The molecule has 3 rings (SSSR count). The molecule has 0 aromatic carbocycles. The van der Waals surface area contributed by atoms with Gasteiger partial charge in [-0.2, -0.15) is 0 Å². The van der Waals surface area contributed by atoms with Gasteiger partial charge in [0.05, 0.1) is 5.92 Å². The summed E-state index contributed by atoms with van der Waals surface area (Å²) in [6, 6.07) is 0. The van der Waals surface area contributed by atoms with Crippen LogP contribution < -0.4 is 0 Å². The predicted octanol–water partition coefficient (Wildman–Crippen LogP) is 2.05. The van der Waals surface area contributed by atoms with Gasteiger partial charge in [-0.3, -0.25) is 4.79 Å². The molecule has 4 atom stereocenters. The van der Waals surface area contributed by atoms with Crippen molar-refractivity contribution in [3.05, 3.63) is 36.6 Å². The Kier molecular flexibility index (Phi) is 1.26. The molecule has 14 heavy (non-hydrogen) atoms. The highest BCUT2D eigenvalue weighted by Crippen LogP contribution is 2.64. The van der Waals surface area contributed by atoms with Crippen LogP contribution in [0.2, 0.25) is 0 Å². The molecule has 0 N–H and O–H groups in total. The zero-order chi connectivity index (χ0) is 10.0. The number of cyclic esters (lactones) is 1. The van der Waals surface area contributed by atoms with Gasteiger partial charge in [0.15, 0.2) is 0 Å². The predicted molar refractivity (Wildman–Crippen MR) is 52.1 cm³/mol. The molecular weight excluding hydrogens is 176 g/mol. The maximum Gasteiger partial charge on any atom is 0.315 e. The summed E-state index contributed by atoms with van der Waals surface area (Å²) in [7, 11) is 0. The molecule has 0 aromatic rings. The molecule has 72 valence electrons. The number of allylic oxidation sites excluding steroid dienone is 3. The Labute approximate surface area is 82.9 Å². The van der Waals surface area contributed by atoms with Crippen molar-refractivity contribution in [3.63, 3.8) is 0 Å². The van der Waals surface area contributed by atoms with Gasteiger partial charge in [-0.1, -0.05) is 30.9 Å². The van der Waals surface area contributed by atoms with E-state index in [0.29, 0.717) is 17.6 Å². The van der Waals surface area contributed by atoms with Crippen LogP contribution in [-0.4, -0.2) is 5.97 Å². The van der Waals surface area contributed by atoms with Gasteiger partial charge in [0.25, 0.3) is 0 Å². The molecule has 0 radical (unpaired) electrons. The smallest absolute Gasteiger partial charge is 0.315 e. The summed E-state index contributed by atoms with van der Waals surface area (Å²) in [5, 5.41) is 0. The number of fused-ring (bicyclic) bond motifs is 4. The summed E-state index contributed by atoms with van der Waals surface area (Å²) in [5.41, 5.74) is 2.34. The Bertz CT molecular complexity index is 309. The van der Waals surface area contributed by atoms with Gasteiger partial charge in [0.1, 0.15) is 5.76 Å². The Morgan fingerprint density at radius 2 is 1.57 bits per heavy atom. The Morgan fingerprint density at radius 3 is 2.21 bits per heavy atom. The Balaban J connectivity index is 2.03. The average molecular weight is 188 g/mol. The summed E-state index contributed by atoms with van der Waals surface area (Å²) in [6.45, 7) is 11.8. The zero-order valence-electron chi connectivity index (χ0n) is 7.95. The van der Waals surface area contributed by atoms with Gasteiger partial charge >= 0.3 is 5.97 Å². The molecule has 1 aliphatic heterocycles. The number of carbonyl (C=O) groups is 1. The molecule has 2 saturated carbocycles. The zero-order valence-corrected chi connectivity index (χ0v) is 7.95. The minimum atomic E-state index is -0.114. The molecule has 0 amide bonds. The molecule has 2 nitrogen and oxygen atoms in total. The highest BCUT2D eigenvalue weighted by atomic mass is 16.5. The lowest BCUT2D eigenvalue weighted by Gasteiger charge is -2.42. The van der Waals surface area contributed by atoms with Crippen molar-refractivity contribution in [2.75, 3.05) is 0 Å². The molecule has 3 fully saturated rings. The largest absolute Gasteiger partial charge is 0.431 e. The van der Waals surface area contributed by atoms with Gasteiger partial charge in [-0.05, 0) is 12.3 Å². The molecule has 2 aliphatic carbocycles. The van der Waals surface area contributed by atoms with Crippen molar-refractivity contribution in [1.82, 2.24) is 0 Å². The fraction of sp³-hybridized carbons (Fsp3) is 0.417. The highest BCUT2D eigenvalue weighted by Gasteiger charge is 2.64. The van der Waals surface area contributed by atoms with E-state index in [1.165, 1.54) is 5.57 Å². The first-order valence-corrected chi connectivity index (χ1v) is 4.87. The third-order valence-electron chi connectivity index (χ3n) is 3.82. The molecule has 3 aliphatic rings. The maximum absolute atomic E-state index is 11.5. The molecule has 1 heterocycles. The number of ether oxygens (including phenoxy) is 1. The van der Waals surface area contributed by atoms with E-state index in [0.717, 1.165) is 12.0 Å². The summed E-state index contributed by atoms with van der Waals surface area (Å²) in [6.07, 6.45) is 0.878. The van der Waals surface area contributed by atoms with Crippen LogP contribution in [-0.2, 0) is 9.53 Å². The van der Waals surface area contributed by atoms with Crippen molar-refractivity contribution in [2.24, 2.45) is 23.7 Å². The fourth-order valence-electron chi connectivity index (χ4n) is 3.25. The van der Waals surface area contributed by atoms with Crippen LogP contribution >= 0.6 is 0 Å².